The van der Waals surface area contributed by atoms with Crippen molar-refractivity contribution >= 4 is 11.6 Å². The molecule has 0 aromatic carbocycles. The highest BCUT2D eigenvalue weighted by Crippen LogP contribution is 2.42. The molecule has 4 nitrogen and oxygen atoms in total. The van der Waals surface area contributed by atoms with Gasteiger partial charge in [0, 0.05) is 7.11 Å². The van der Waals surface area contributed by atoms with Crippen LogP contribution in [0.1, 0.15) is 38.3 Å². The quantitative estimate of drug-likeness (QED) is 0.916. The normalized spacial score (nSPS) is 28.6. The van der Waals surface area contributed by atoms with Crippen molar-refractivity contribution in [3.8, 4) is 0 Å². The summed E-state index contributed by atoms with van der Waals surface area (Å²) >= 11 is 6.21. The fraction of sp³-hybridized carbons (Fsp3) is 0.769. The third-order valence-corrected chi connectivity index (χ3v) is 3.99. The van der Waals surface area contributed by atoms with Gasteiger partial charge in [-0.15, -0.1) is 0 Å². The summed E-state index contributed by atoms with van der Waals surface area (Å²) in [4.78, 5) is 0. The lowest BCUT2D eigenvalue weighted by Crippen LogP contribution is -2.35. The van der Waals surface area contributed by atoms with Gasteiger partial charge in [0.25, 0.3) is 0 Å². The standard InChI is InChI=1S/C13H21ClN2O2/c1-10-4-3-5-13(17,8-10)12-11(14)9-15-16(12)6-7-18-2/h9-10,17H,3-8H2,1-2H3. The summed E-state index contributed by atoms with van der Waals surface area (Å²) in [7, 11) is 1.65. The Labute approximate surface area is 113 Å². The van der Waals surface area contributed by atoms with E-state index < -0.39 is 5.60 Å². The van der Waals surface area contributed by atoms with E-state index in [1.54, 1.807) is 18.0 Å². The molecule has 1 saturated carbocycles. The third kappa shape index (κ3) is 2.71. The van der Waals surface area contributed by atoms with Crippen LogP contribution in [0.4, 0.5) is 0 Å². The van der Waals surface area contributed by atoms with E-state index in [0.717, 1.165) is 25.0 Å². The first-order valence-electron chi connectivity index (χ1n) is 6.50. The Balaban J connectivity index is 2.27. The Bertz CT molecular complexity index is 408. The maximum atomic E-state index is 10.9. The minimum atomic E-state index is -0.834. The van der Waals surface area contributed by atoms with Gasteiger partial charge in [-0.2, -0.15) is 5.10 Å². The average Bonchev–Trinajstić information content (AvgIpc) is 2.68. The van der Waals surface area contributed by atoms with Gasteiger partial charge in [-0.25, -0.2) is 0 Å². The molecule has 18 heavy (non-hydrogen) atoms. The van der Waals surface area contributed by atoms with E-state index in [1.807, 2.05) is 0 Å². The molecule has 5 heteroatoms. The highest BCUT2D eigenvalue weighted by Gasteiger charge is 2.38. The number of aliphatic hydroxyl groups is 1. The van der Waals surface area contributed by atoms with Crippen LogP contribution in [0.3, 0.4) is 0 Å². The van der Waals surface area contributed by atoms with Gasteiger partial charge in [-0.3, -0.25) is 4.68 Å². The van der Waals surface area contributed by atoms with E-state index in [2.05, 4.69) is 12.0 Å². The van der Waals surface area contributed by atoms with Crippen LogP contribution in [0, 0.1) is 5.92 Å². The first kappa shape index (κ1) is 13.8. The van der Waals surface area contributed by atoms with Crippen LogP contribution in [0.15, 0.2) is 6.20 Å². The van der Waals surface area contributed by atoms with Crippen molar-refractivity contribution in [2.24, 2.45) is 5.92 Å². The van der Waals surface area contributed by atoms with Gasteiger partial charge in [0.05, 0.1) is 30.1 Å². The number of halogens is 1. The summed E-state index contributed by atoms with van der Waals surface area (Å²) in [5.74, 6) is 0.519. The van der Waals surface area contributed by atoms with Crippen LogP contribution in [0.5, 0.6) is 0 Å². The lowest BCUT2D eigenvalue weighted by atomic mass is 9.77. The molecule has 1 heterocycles. The molecule has 0 saturated heterocycles. The van der Waals surface area contributed by atoms with Crippen molar-refractivity contribution < 1.29 is 9.84 Å². The molecule has 1 aliphatic rings. The van der Waals surface area contributed by atoms with Gasteiger partial charge >= 0.3 is 0 Å². The zero-order valence-electron chi connectivity index (χ0n) is 11.0. The topological polar surface area (TPSA) is 47.3 Å². The van der Waals surface area contributed by atoms with Crippen molar-refractivity contribution in [2.75, 3.05) is 13.7 Å². The molecule has 0 bridgehead atoms. The minimum Gasteiger partial charge on any atom is -0.384 e. The second-order valence-corrected chi connectivity index (χ2v) is 5.70. The summed E-state index contributed by atoms with van der Waals surface area (Å²) in [5.41, 5.74) is -0.0771. The van der Waals surface area contributed by atoms with E-state index in [-0.39, 0.29) is 0 Å². The van der Waals surface area contributed by atoms with Crippen LogP contribution in [0.2, 0.25) is 5.02 Å². The fourth-order valence-electron chi connectivity index (χ4n) is 2.91. The third-order valence-electron chi connectivity index (χ3n) is 3.72. The summed E-state index contributed by atoms with van der Waals surface area (Å²) in [5, 5.41) is 15.7. The molecule has 0 radical (unpaired) electrons. The molecule has 1 aliphatic carbocycles. The molecular weight excluding hydrogens is 252 g/mol. The van der Waals surface area contributed by atoms with Gasteiger partial charge < -0.3 is 9.84 Å². The van der Waals surface area contributed by atoms with E-state index >= 15 is 0 Å². The summed E-state index contributed by atoms with van der Waals surface area (Å²) in [6, 6.07) is 0. The number of aromatic nitrogens is 2. The highest BCUT2D eigenvalue weighted by molar-refractivity contribution is 6.31. The molecule has 1 aromatic heterocycles. The first-order valence-corrected chi connectivity index (χ1v) is 6.88. The van der Waals surface area contributed by atoms with Gasteiger partial charge in [0.1, 0.15) is 5.60 Å². The van der Waals surface area contributed by atoms with E-state index in [4.69, 9.17) is 16.3 Å². The van der Waals surface area contributed by atoms with Gasteiger partial charge in [0.2, 0.25) is 0 Å². The molecule has 0 amide bonds. The lowest BCUT2D eigenvalue weighted by Gasteiger charge is -2.36. The Morgan fingerprint density at radius 1 is 1.67 bits per heavy atom. The predicted molar refractivity (Wildman–Crippen MR) is 70.6 cm³/mol. The maximum absolute atomic E-state index is 10.9. The molecule has 1 aromatic rings. The Morgan fingerprint density at radius 2 is 2.44 bits per heavy atom. The predicted octanol–water partition coefficient (Wildman–Crippen LogP) is 2.58. The molecule has 2 unspecified atom stereocenters. The molecule has 2 rings (SSSR count). The molecule has 0 aliphatic heterocycles. The monoisotopic (exact) mass is 272 g/mol. The summed E-state index contributed by atoms with van der Waals surface area (Å²) < 4.78 is 6.85. The van der Waals surface area contributed by atoms with Crippen molar-refractivity contribution in [1.29, 1.82) is 0 Å². The molecule has 102 valence electrons. The zero-order chi connectivity index (χ0) is 13.2. The van der Waals surface area contributed by atoms with Crippen LogP contribution < -0.4 is 0 Å². The number of methoxy groups -OCH3 is 1. The zero-order valence-corrected chi connectivity index (χ0v) is 11.8. The maximum Gasteiger partial charge on any atom is 0.108 e. The summed E-state index contributed by atoms with van der Waals surface area (Å²) in [6.07, 6.45) is 5.33. The van der Waals surface area contributed by atoms with Gasteiger partial charge in [-0.1, -0.05) is 24.9 Å². The van der Waals surface area contributed by atoms with Gasteiger partial charge in [-0.05, 0) is 25.2 Å². The minimum absolute atomic E-state index is 0.519. The summed E-state index contributed by atoms with van der Waals surface area (Å²) in [6.45, 7) is 3.36. The second-order valence-electron chi connectivity index (χ2n) is 5.29. The largest absolute Gasteiger partial charge is 0.384 e. The SMILES string of the molecule is COCCn1ncc(Cl)c1C1(O)CCCC(C)C1. The number of hydrogen-bond donors (Lipinski definition) is 1. The van der Waals surface area contributed by atoms with Crippen molar-refractivity contribution in [3.05, 3.63) is 16.9 Å². The molecule has 0 spiro atoms. The fourth-order valence-corrected chi connectivity index (χ4v) is 3.23. The smallest absolute Gasteiger partial charge is 0.108 e. The highest BCUT2D eigenvalue weighted by atomic mass is 35.5. The van der Waals surface area contributed by atoms with E-state index in [1.165, 1.54) is 6.42 Å². The Hall–Kier alpha value is -0.580. The Morgan fingerprint density at radius 3 is 3.11 bits per heavy atom. The van der Waals surface area contributed by atoms with Crippen molar-refractivity contribution in [2.45, 2.75) is 44.8 Å². The molecule has 1 N–H and O–H groups in total. The molecule has 2 atom stereocenters. The number of rotatable bonds is 4. The average molecular weight is 273 g/mol. The number of nitrogens with zero attached hydrogens (tertiary/aromatic N) is 2. The van der Waals surface area contributed by atoms with Crippen molar-refractivity contribution in [1.82, 2.24) is 9.78 Å². The van der Waals surface area contributed by atoms with E-state index in [0.29, 0.717) is 24.1 Å². The number of ether oxygens (including phenoxy) is 1. The molecular formula is C13H21ClN2O2. The van der Waals surface area contributed by atoms with Crippen LogP contribution in [-0.4, -0.2) is 28.6 Å². The Kier molecular flexibility index (Phi) is 4.30. The van der Waals surface area contributed by atoms with Crippen LogP contribution in [0.25, 0.3) is 0 Å². The van der Waals surface area contributed by atoms with Crippen LogP contribution >= 0.6 is 11.6 Å². The van der Waals surface area contributed by atoms with E-state index in [9.17, 15) is 5.11 Å². The number of hydrogen-bond acceptors (Lipinski definition) is 3. The molecule has 1 fully saturated rings. The first-order chi connectivity index (χ1) is 8.57. The van der Waals surface area contributed by atoms with Gasteiger partial charge in [0.15, 0.2) is 0 Å². The van der Waals surface area contributed by atoms with Crippen molar-refractivity contribution in [3.63, 3.8) is 0 Å². The van der Waals surface area contributed by atoms with Crippen LogP contribution in [-0.2, 0) is 16.9 Å². The lowest BCUT2D eigenvalue weighted by molar-refractivity contribution is -0.0260. The second kappa shape index (κ2) is 5.59.